The van der Waals surface area contributed by atoms with Gasteiger partial charge in [0.25, 0.3) is 0 Å². The van der Waals surface area contributed by atoms with Crippen molar-refractivity contribution >= 4 is 197 Å². The second kappa shape index (κ2) is 51.3. The van der Waals surface area contributed by atoms with E-state index in [1.807, 2.05) is 67.7 Å². The second-order valence-corrected chi connectivity index (χ2v) is 39.8. The van der Waals surface area contributed by atoms with Crippen molar-refractivity contribution in [2.45, 2.75) is 72.3 Å². The van der Waals surface area contributed by atoms with Crippen molar-refractivity contribution in [2.75, 3.05) is 75.6 Å². The van der Waals surface area contributed by atoms with Crippen molar-refractivity contribution in [3.63, 3.8) is 0 Å². The molecule has 0 unspecified atom stereocenters. The van der Waals surface area contributed by atoms with Crippen LogP contribution < -0.4 is 32.6 Å². The Kier molecular flexibility index (Phi) is 44.3. The molecule has 18 nitrogen and oxygen atoms in total. The standard InChI is InChI=1S/C18H29N3O3Si.C14H21BrN2O2Si.C13H4.C12H15N3O2.C12H4.C8H7BrN2O.CH4.B13/c1-19-17-15(20-8-10-23-11-9-20)6-5-7-16(17)21(18(19)22)14-24-12-13-25(2,3)4;1-16-13-11(15)6-5-7-12(13)17(14(16)18)10-19-8-9-20(2,3)4;1-3-5-7-9-11-13-12-10-8-6-4-2;1-14-11-9(13-12(14)16)3-2-4-10(11)15-5-7-17-8-6-15;1-3-5-7-9-11-12-10-8-6-4-2;1-11-7-5(9)3-2-4-6(7)10-8(11)12;;1-8-12(9(2)3)13(10(4)5)11(6)7/h5-7H,8-14H2,1-4H3;5-7H,8-10H2,1-4H3;1-2H2;2-4H,5-8H2,1H3,(H,13,16);1-2H2;2-4H,1H3,(H,10,12);1H4;. The van der Waals surface area contributed by atoms with Gasteiger partial charge in [-0.2, -0.15) is 0 Å². The van der Waals surface area contributed by atoms with Gasteiger partial charge in [-0.05, 0) is 216 Å². The molecular formula is C78H84B13Br2N10O8Si2. The highest BCUT2D eigenvalue weighted by Gasteiger charge is 2.32. The van der Waals surface area contributed by atoms with Gasteiger partial charge in [0, 0.05) is 186 Å². The Hall–Kier alpha value is -9.50. The number of nitrogens with zero attached hydrogens (tertiary/aromatic N) is 8. The Balaban J connectivity index is 0.000000347. The van der Waals surface area contributed by atoms with E-state index in [2.05, 4.69) is 250 Å². The molecule has 0 saturated carbocycles. The molecule has 0 amide bonds. The zero-order valence-electron chi connectivity index (χ0n) is 65.3. The van der Waals surface area contributed by atoms with E-state index in [1.54, 1.807) is 48.5 Å². The first kappa shape index (κ1) is 97.7. The van der Waals surface area contributed by atoms with Gasteiger partial charge in [0.2, 0.25) is 0 Å². The Morgan fingerprint density at radius 1 is 0.460 bits per heavy atom. The molecule has 555 valence electrons. The van der Waals surface area contributed by atoms with Gasteiger partial charge in [-0.1, -0.05) is 93.9 Å². The van der Waals surface area contributed by atoms with Crippen molar-refractivity contribution in [3.8, 4) is 0 Å². The quantitative estimate of drug-likeness (QED) is 0.0510. The van der Waals surface area contributed by atoms with Crippen molar-refractivity contribution in [1.82, 2.24) is 37.4 Å². The zero-order valence-corrected chi connectivity index (χ0v) is 70.4. The lowest BCUT2D eigenvalue weighted by molar-refractivity contribution is 0.0872. The second-order valence-electron chi connectivity index (χ2n) is 26.9. The molecular weight excluding hydrogens is 1560 g/mol. The van der Waals surface area contributed by atoms with Crippen LogP contribution in [0.5, 0.6) is 0 Å². The van der Waals surface area contributed by atoms with E-state index < -0.39 is 41.7 Å². The van der Waals surface area contributed by atoms with Crippen molar-refractivity contribution in [3.05, 3.63) is 270 Å². The minimum atomic E-state index is -1.13. The molecule has 2 N–H and O–H groups in total. The van der Waals surface area contributed by atoms with E-state index in [4.69, 9.17) is 73.1 Å². The number of ether oxygens (including phenoxy) is 4. The maximum Gasteiger partial charge on any atom is 0.330 e. The number of hydrogen-bond acceptors (Lipinski definition) is 10. The van der Waals surface area contributed by atoms with Gasteiger partial charge < -0.3 is 38.7 Å². The van der Waals surface area contributed by atoms with E-state index in [0.29, 0.717) is 26.7 Å². The lowest BCUT2D eigenvalue weighted by Gasteiger charge is -2.31. The molecule has 0 spiro atoms. The Morgan fingerprint density at radius 2 is 0.779 bits per heavy atom. The fourth-order valence-electron chi connectivity index (χ4n) is 10.7. The van der Waals surface area contributed by atoms with Gasteiger partial charge in [0.15, 0.2) is 0 Å². The number of nitrogens with one attached hydrogen (secondary N) is 2. The molecule has 2 saturated heterocycles. The number of halogens is 2. The molecule has 2 aliphatic heterocycles. The summed E-state index contributed by atoms with van der Waals surface area (Å²) in [6.07, 6.45) is -2.87. The summed E-state index contributed by atoms with van der Waals surface area (Å²) in [5.41, 5.74) is 60.7. The van der Waals surface area contributed by atoms with Crippen molar-refractivity contribution in [1.29, 1.82) is 0 Å². The maximum absolute atomic E-state index is 12.7. The number of para-hydroxylation sites is 4. The Labute approximate surface area is 694 Å². The van der Waals surface area contributed by atoms with Crippen LogP contribution in [0.2, 0.25) is 51.4 Å². The average molecular weight is 1650 g/mol. The number of morpholine rings is 2. The molecule has 113 heavy (non-hydrogen) atoms. The highest BCUT2D eigenvalue weighted by Crippen LogP contribution is 2.29. The van der Waals surface area contributed by atoms with Gasteiger partial charge in [0.1, 0.15) is 13.5 Å². The van der Waals surface area contributed by atoms with Crippen LogP contribution in [0, 0.1) is 0 Å². The van der Waals surface area contributed by atoms with E-state index in [0.717, 1.165) is 129 Å². The summed E-state index contributed by atoms with van der Waals surface area (Å²) >= 11 is 6.88. The molecule has 6 heterocycles. The summed E-state index contributed by atoms with van der Waals surface area (Å²) < 4.78 is 34.3. The molecule has 2 aliphatic rings. The molecule has 10 rings (SSSR count). The number of rotatable bonds is 17. The van der Waals surface area contributed by atoms with Crippen LogP contribution in [0.3, 0.4) is 0 Å². The lowest BCUT2D eigenvalue weighted by Crippen LogP contribution is -2.69. The third kappa shape index (κ3) is 32.1. The summed E-state index contributed by atoms with van der Waals surface area (Å²) in [5, 5.41) is 0. The molecule has 35 heteroatoms. The topological polar surface area (TPSA) is 173 Å². The van der Waals surface area contributed by atoms with E-state index in [-0.39, 0.29) is 36.6 Å². The molecule has 2 fully saturated rings. The SMILES string of the molecule is C.C=C=C=C=C=C=C=C=C=C=C=C.C=C=C=C=C=C=C=C=C=C=C=C=C.Cn1c(=O)[nH]c2cccc(Br)c21.Cn1c(=O)[nH]c2cccc(N3CCOCC3)c21.Cn1c(=O)n(COCC[Si](C)(C)C)c2cccc(Br)c21.Cn1c(=O)n(COCC[Si](C)(C)C)c2cccc(N3CCOCC3)c21.[B][B]B(B([B])[B])B(B([B])[B])B([B])[B]. The summed E-state index contributed by atoms with van der Waals surface area (Å²) in [6.45, 7) is 35.5. The summed E-state index contributed by atoms with van der Waals surface area (Å²) in [5.74, 6) is 0. The number of benzene rings is 4. The number of hydrogen-bond donors (Lipinski definition) is 2. The molecule has 4 aromatic heterocycles. The zero-order chi connectivity index (χ0) is 82.9. The van der Waals surface area contributed by atoms with E-state index >= 15 is 0 Å². The van der Waals surface area contributed by atoms with Gasteiger partial charge in [-0.25, -0.2) is 19.2 Å². The third-order valence-corrected chi connectivity index (χ3v) is 21.1. The molecule has 0 atom stereocenters. The molecule has 0 aliphatic carbocycles. The first-order valence-corrected chi connectivity index (χ1v) is 44.2. The minimum absolute atomic E-state index is 0. The number of fused-ring (bicyclic) bond motifs is 4. The molecule has 8 aromatic rings. The van der Waals surface area contributed by atoms with Crippen molar-refractivity contribution in [2.24, 2.45) is 28.2 Å². The van der Waals surface area contributed by atoms with Gasteiger partial charge >= 0.3 is 22.8 Å². The van der Waals surface area contributed by atoms with Gasteiger partial charge in [-0.15, -0.1) is 0 Å². The van der Waals surface area contributed by atoms with Crippen LogP contribution in [0.4, 0.5) is 11.4 Å². The Bertz CT molecular complexity index is 5580. The smallest absolute Gasteiger partial charge is 0.330 e. The fourth-order valence-corrected chi connectivity index (χ4v) is 13.5. The number of anilines is 2. The third-order valence-electron chi connectivity index (χ3n) is 16.4. The van der Waals surface area contributed by atoms with Crippen LogP contribution in [0.15, 0.2) is 248 Å². The predicted molar refractivity (Wildman–Crippen MR) is 489 cm³/mol. The number of aromatic nitrogens is 8. The van der Waals surface area contributed by atoms with Crippen LogP contribution in [0.1, 0.15) is 7.43 Å². The van der Waals surface area contributed by atoms with E-state index in [1.165, 1.54) is 7.06 Å². The molecule has 4 aromatic carbocycles. The summed E-state index contributed by atoms with van der Waals surface area (Å²) in [7, 11) is 44.5. The predicted octanol–water partition coefficient (Wildman–Crippen LogP) is 8.78. The minimum Gasteiger partial charge on any atom is -0.378 e. The highest BCUT2D eigenvalue weighted by atomic mass is 79.9. The monoisotopic (exact) mass is 1650 g/mol. The van der Waals surface area contributed by atoms with Crippen LogP contribution in [-0.4, -0.2) is 212 Å². The largest absolute Gasteiger partial charge is 0.378 e. The molecule has 0 bridgehead atoms. The number of imidazole rings is 4. The number of aromatic amines is 2. The highest BCUT2D eigenvalue weighted by molar-refractivity contribution is 9.11. The van der Waals surface area contributed by atoms with E-state index in [9.17, 15) is 19.2 Å². The maximum atomic E-state index is 12.7. The Morgan fingerprint density at radius 3 is 1.12 bits per heavy atom. The average Bonchev–Trinajstić information content (AvgIpc) is 1.63. The fraction of sp³-hybridized carbons (Fsp3) is 0.321. The van der Waals surface area contributed by atoms with Crippen LogP contribution in [-0.2, 0) is 60.6 Å². The summed E-state index contributed by atoms with van der Waals surface area (Å²) in [6, 6.07) is 25.8. The number of H-pyrrole nitrogens is 2. The van der Waals surface area contributed by atoms with Crippen molar-refractivity contribution < 1.29 is 18.9 Å². The first-order chi connectivity index (χ1) is 53.4. The van der Waals surface area contributed by atoms with Gasteiger partial charge in [-0.3, -0.25) is 27.4 Å². The normalized spacial score (nSPS) is 11.2. The number of aryl methyl sites for hydroxylation is 4. The molecule has 15 radical (unpaired) electrons. The summed E-state index contributed by atoms with van der Waals surface area (Å²) in [4.78, 5) is 58.0. The lowest BCUT2D eigenvalue weighted by atomic mass is 8.50. The first-order valence-electron chi connectivity index (χ1n) is 35.2. The van der Waals surface area contributed by atoms with Gasteiger partial charge in [0.05, 0.1) is 81.9 Å². The van der Waals surface area contributed by atoms with Crippen LogP contribution >= 0.6 is 31.9 Å². The van der Waals surface area contributed by atoms with Crippen LogP contribution in [0.25, 0.3) is 44.1 Å².